The second-order valence-corrected chi connectivity index (χ2v) is 3.97. The number of aliphatic carboxylic acids is 1. The van der Waals surface area contributed by atoms with Crippen LogP contribution in [0.3, 0.4) is 0 Å². The lowest BCUT2D eigenvalue weighted by Crippen LogP contribution is -2.32. The molecule has 0 aromatic heterocycles. The van der Waals surface area contributed by atoms with E-state index in [1.54, 1.807) is 0 Å². The highest BCUT2D eigenvalue weighted by Gasteiger charge is 2.28. The highest BCUT2D eigenvalue weighted by Crippen LogP contribution is 2.27. The van der Waals surface area contributed by atoms with Gasteiger partial charge in [0, 0.05) is 6.61 Å². The molecule has 0 amide bonds. The number of carboxylic acid groups (broad SMARTS) is 1. The van der Waals surface area contributed by atoms with E-state index in [2.05, 4.69) is 0 Å². The molecule has 1 N–H and O–H groups in total. The third-order valence-corrected chi connectivity index (χ3v) is 2.92. The van der Waals surface area contributed by atoms with Crippen LogP contribution in [-0.2, 0) is 9.53 Å². The molecule has 14 heavy (non-hydrogen) atoms. The van der Waals surface area contributed by atoms with Gasteiger partial charge in [0.15, 0.2) is 6.10 Å². The van der Waals surface area contributed by atoms with Gasteiger partial charge in [0.05, 0.1) is 0 Å². The first-order valence-electron chi connectivity index (χ1n) is 5.60. The Kier molecular flexibility index (Phi) is 4.94. The minimum Gasteiger partial charge on any atom is -0.479 e. The Hall–Kier alpha value is -0.570. The van der Waals surface area contributed by atoms with E-state index in [9.17, 15) is 4.79 Å². The number of carboxylic acids is 1. The largest absolute Gasteiger partial charge is 0.479 e. The lowest BCUT2D eigenvalue weighted by atomic mass is 9.94. The molecule has 0 spiro atoms. The summed E-state index contributed by atoms with van der Waals surface area (Å²) < 4.78 is 5.30. The van der Waals surface area contributed by atoms with Gasteiger partial charge in [0.25, 0.3) is 0 Å². The molecule has 0 bridgehead atoms. The van der Waals surface area contributed by atoms with E-state index in [0.29, 0.717) is 6.61 Å². The highest BCUT2D eigenvalue weighted by atomic mass is 16.5. The molecule has 3 heteroatoms. The standard InChI is InChI=1S/C11H20O3/c1-2-14-10(11(12)13)9-7-5-3-4-6-8-9/h9-10H,2-8H2,1H3,(H,12,13). The summed E-state index contributed by atoms with van der Waals surface area (Å²) in [6.07, 6.45) is 6.25. The SMILES string of the molecule is CCOC(C(=O)O)C1CCCCCC1. The molecule has 0 aromatic carbocycles. The molecular weight excluding hydrogens is 180 g/mol. The van der Waals surface area contributed by atoms with E-state index in [1.807, 2.05) is 6.92 Å². The zero-order chi connectivity index (χ0) is 10.4. The maximum absolute atomic E-state index is 11.0. The average Bonchev–Trinajstić information content (AvgIpc) is 2.41. The Balaban J connectivity index is 2.51. The highest BCUT2D eigenvalue weighted by molar-refractivity contribution is 5.72. The van der Waals surface area contributed by atoms with Crippen molar-refractivity contribution in [3.05, 3.63) is 0 Å². The van der Waals surface area contributed by atoms with Crippen LogP contribution in [0.2, 0.25) is 0 Å². The second-order valence-electron chi connectivity index (χ2n) is 3.97. The number of hydrogen-bond donors (Lipinski definition) is 1. The van der Waals surface area contributed by atoms with Crippen LogP contribution >= 0.6 is 0 Å². The van der Waals surface area contributed by atoms with Crippen molar-refractivity contribution in [3.8, 4) is 0 Å². The molecule has 0 heterocycles. The van der Waals surface area contributed by atoms with Crippen molar-refractivity contribution in [1.29, 1.82) is 0 Å². The molecule has 82 valence electrons. The van der Waals surface area contributed by atoms with Crippen LogP contribution in [0, 0.1) is 5.92 Å². The molecule has 1 saturated carbocycles. The fourth-order valence-electron chi connectivity index (χ4n) is 2.20. The summed E-state index contributed by atoms with van der Waals surface area (Å²) >= 11 is 0. The van der Waals surface area contributed by atoms with Crippen molar-refractivity contribution in [2.75, 3.05) is 6.61 Å². The van der Waals surface area contributed by atoms with Gasteiger partial charge in [-0.3, -0.25) is 0 Å². The van der Waals surface area contributed by atoms with Crippen molar-refractivity contribution >= 4 is 5.97 Å². The molecule has 1 fully saturated rings. The van der Waals surface area contributed by atoms with Crippen molar-refractivity contribution in [3.63, 3.8) is 0 Å². The van der Waals surface area contributed by atoms with E-state index in [-0.39, 0.29) is 5.92 Å². The summed E-state index contributed by atoms with van der Waals surface area (Å²) in [5.74, 6) is -0.561. The summed E-state index contributed by atoms with van der Waals surface area (Å²) in [7, 11) is 0. The Bertz CT molecular complexity index is 171. The van der Waals surface area contributed by atoms with Crippen LogP contribution < -0.4 is 0 Å². The molecule has 0 aromatic rings. The van der Waals surface area contributed by atoms with Crippen molar-refractivity contribution in [1.82, 2.24) is 0 Å². The summed E-state index contributed by atoms with van der Waals surface area (Å²) in [6.45, 7) is 2.35. The Morgan fingerprint density at radius 3 is 2.36 bits per heavy atom. The molecule has 1 atom stereocenters. The van der Waals surface area contributed by atoms with E-state index in [0.717, 1.165) is 25.7 Å². The predicted octanol–water partition coefficient (Wildman–Crippen LogP) is 2.45. The molecule has 1 unspecified atom stereocenters. The van der Waals surface area contributed by atoms with Crippen LogP contribution in [0.25, 0.3) is 0 Å². The summed E-state index contributed by atoms with van der Waals surface area (Å²) in [5, 5.41) is 9.02. The third kappa shape index (κ3) is 3.29. The topological polar surface area (TPSA) is 46.5 Å². The van der Waals surface area contributed by atoms with Gasteiger partial charge >= 0.3 is 5.97 Å². The zero-order valence-electron chi connectivity index (χ0n) is 8.87. The summed E-state index contributed by atoms with van der Waals surface area (Å²) in [6, 6.07) is 0. The van der Waals surface area contributed by atoms with Crippen molar-refractivity contribution in [2.24, 2.45) is 5.92 Å². The van der Waals surface area contributed by atoms with Crippen LogP contribution in [0.15, 0.2) is 0 Å². The first kappa shape index (κ1) is 11.5. The maximum atomic E-state index is 11.0. The normalized spacial score (nSPS) is 21.5. The van der Waals surface area contributed by atoms with E-state index in [1.165, 1.54) is 12.8 Å². The quantitative estimate of drug-likeness (QED) is 0.709. The first-order chi connectivity index (χ1) is 6.75. The van der Waals surface area contributed by atoms with Gasteiger partial charge in [-0.2, -0.15) is 0 Å². The predicted molar refractivity (Wildman–Crippen MR) is 54.2 cm³/mol. The van der Waals surface area contributed by atoms with Gasteiger partial charge in [0.1, 0.15) is 0 Å². The van der Waals surface area contributed by atoms with E-state index < -0.39 is 12.1 Å². The number of rotatable bonds is 4. The van der Waals surface area contributed by atoms with Gasteiger partial charge < -0.3 is 9.84 Å². The monoisotopic (exact) mass is 200 g/mol. The molecule has 1 aliphatic carbocycles. The smallest absolute Gasteiger partial charge is 0.333 e. The minimum atomic E-state index is -0.793. The maximum Gasteiger partial charge on any atom is 0.333 e. The summed E-state index contributed by atoms with van der Waals surface area (Å²) in [4.78, 5) is 11.0. The van der Waals surface area contributed by atoms with Gasteiger partial charge in [-0.1, -0.05) is 25.7 Å². The van der Waals surface area contributed by atoms with Crippen LogP contribution in [0.1, 0.15) is 45.4 Å². The first-order valence-corrected chi connectivity index (χ1v) is 5.60. The Morgan fingerprint density at radius 1 is 1.36 bits per heavy atom. The Labute approximate surface area is 85.5 Å². The van der Waals surface area contributed by atoms with Crippen molar-refractivity contribution < 1.29 is 14.6 Å². The van der Waals surface area contributed by atoms with Gasteiger partial charge in [0.2, 0.25) is 0 Å². The molecule has 1 rings (SSSR count). The zero-order valence-corrected chi connectivity index (χ0v) is 8.87. The number of hydrogen-bond acceptors (Lipinski definition) is 2. The van der Waals surface area contributed by atoms with E-state index in [4.69, 9.17) is 9.84 Å². The third-order valence-electron chi connectivity index (χ3n) is 2.92. The molecule has 0 radical (unpaired) electrons. The minimum absolute atomic E-state index is 0.231. The second kappa shape index (κ2) is 6.02. The fourth-order valence-corrected chi connectivity index (χ4v) is 2.20. The van der Waals surface area contributed by atoms with Crippen molar-refractivity contribution in [2.45, 2.75) is 51.6 Å². The molecule has 0 saturated heterocycles. The molecule has 0 aliphatic heterocycles. The number of carbonyl (C=O) groups is 1. The van der Waals surface area contributed by atoms with Crippen LogP contribution in [0.5, 0.6) is 0 Å². The lowest BCUT2D eigenvalue weighted by Gasteiger charge is -2.21. The molecular formula is C11H20O3. The van der Waals surface area contributed by atoms with Gasteiger partial charge in [-0.15, -0.1) is 0 Å². The average molecular weight is 200 g/mol. The van der Waals surface area contributed by atoms with Gasteiger partial charge in [-0.25, -0.2) is 4.79 Å². The summed E-state index contributed by atoms with van der Waals surface area (Å²) in [5.41, 5.74) is 0. The fraction of sp³-hybridized carbons (Fsp3) is 0.909. The van der Waals surface area contributed by atoms with E-state index >= 15 is 0 Å². The molecule has 3 nitrogen and oxygen atoms in total. The lowest BCUT2D eigenvalue weighted by molar-refractivity contribution is -0.154. The van der Waals surface area contributed by atoms with Gasteiger partial charge in [-0.05, 0) is 25.7 Å². The van der Waals surface area contributed by atoms with Crippen LogP contribution in [-0.4, -0.2) is 23.8 Å². The Morgan fingerprint density at radius 2 is 1.93 bits per heavy atom. The van der Waals surface area contributed by atoms with Crippen LogP contribution in [0.4, 0.5) is 0 Å². The molecule has 1 aliphatic rings. The number of ether oxygens (including phenoxy) is 1.